The zero-order valence-electron chi connectivity index (χ0n) is 12.8. The number of nitrogens with two attached hydrogens (primary N) is 1. The monoisotopic (exact) mass is 306 g/mol. The Balaban J connectivity index is 1.76. The summed E-state index contributed by atoms with van der Waals surface area (Å²) in [5.41, 5.74) is 5.78. The van der Waals surface area contributed by atoms with Crippen LogP contribution in [0.4, 0.5) is 0 Å². The Morgan fingerprint density at radius 1 is 1.36 bits per heavy atom. The van der Waals surface area contributed by atoms with E-state index in [1.54, 1.807) is 13.2 Å². The Labute approximate surface area is 129 Å². The molecule has 3 rings (SSSR count). The fraction of sp³-hybridized carbons (Fsp3) is 0.667. The topological polar surface area (TPSA) is 90.5 Å². The van der Waals surface area contributed by atoms with Gasteiger partial charge in [-0.2, -0.15) is 5.10 Å². The fourth-order valence-corrected chi connectivity index (χ4v) is 3.43. The van der Waals surface area contributed by atoms with Gasteiger partial charge in [-0.15, -0.1) is 0 Å². The Morgan fingerprint density at radius 2 is 2.09 bits per heavy atom. The van der Waals surface area contributed by atoms with Crippen molar-refractivity contribution in [1.29, 1.82) is 0 Å². The Morgan fingerprint density at radius 3 is 2.73 bits per heavy atom. The van der Waals surface area contributed by atoms with Crippen molar-refractivity contribution >= 4 is 11.8 Å². The number of amides is 2. The molecule has 1 aliphatic carbocycles. The molecule has 2 fully saturated rings. The first-order chi connectivity index (χ1) is 10.6. The van der Waals surface area contributed by atoms with Crippen LogP contribution in [0.2, 0.25) is 0 Å². The Kier molecular flexibility index (Phi) is 4.15. The molecule has 1 aromatic rings. The molecule has 22 heavy (non-hydrogen) atoms. The Bertz CT molecular complexity index is 565. The maximum atomic E-state index is 12.6. The van der Waals surface area contributed by atoms with Crippen LogP contribution in [0.1, 0.15) is 48.6 Å². The summed E-state index contributed by atoms with van der Waals surface area (Å²) in [5, 5.41) is 4.41. The van der Waals surface area contributed by atoms with Crippen molar-refractivity contribution < 1.29 is 14.3 Å². The number of hydrogen-bond acceptors (Lipinski definition) is 4. The van der Waals surface area contributed by atoms with Crippen LogP contribution >= 0.6 is 0 Å². The smallest absolute Gasteiger partial charge is 0.275 e. The minimum atomic E-state index is -0.617. The molecule has 1 aliphatic heterocycles. The molecule has 2 atom stereocenters. The molecule has 2 amide bonds. The van der Waals surface area contributed by atoms with Crippen LogP contribution in [0.25, 0.3) is 0 Å². The molecular weight excluding hydrogens is 284 g/mol. The van der Waals surface area contributed by atoms with Crippen molar-refractivity contribution in [3.8, 4) is 0 Å². The number of hydrogen-bond donors (Lipinski definition) is 1. The summed E-state index contributed by atoms with van der Waals surface area (Å²) in [6.45, 7) is 0.374. The highest BCUT2D eigenvalue weighted by Gasteiger charge is 2.39. The number of aromatic nitrogens is 2. The number of rotatable bonds is 4. The third-order valence-corrected chi connectivity index (χ3v) is 4.71. The molecule has 0 spiro atoms. The van der Waals surface area contributed by atoms with E-state index in [1.807, 2.05) is 10.9 Å². The molecule has 0 radical (unpaired) electrons. The van der Waals surface area contributed by atoms with Crippen LogP contribution in [0.5, 0.6) is 0 Å². The lowest BCUT2D eigenvalue weighted by Crippen LogP contribution is -2.44. The van der Waals surface area contributed by atoms with Crippen LogP contribution in [-0.2, 0) is 9.53 Å². The average Bonchev–Trinajstić information content (AvgIpc) is 3.23. The molecule has 2 aliphatic rings. The van der Waals surface area contributed by atoms with Crippen LogP contribution in [0, 0.1) is 0 Å². The predicted octanol–water partition coefficient (Wildman–Crippen LogP) is 0.713. The van der Waals surface area contributed by atoms with Gasteiger partial charge < -0.3 is 15.4 Å². The van der Waals surface area contributed by atoms with Crippen LogP contribution in [0.3, 0.4) is 0 Å². The van der Waals surface area contributed by atoms with Gasteiger partial charge in [0.05, 0.1) is 12.1 Å². The van der Waals surface area contributed by atoms with E-state index in [0.29, 0.717) is 24.7 Å². The quantitative estimate of drug-likeness (QED) is 0.887. The van der Waals surface area contributed by atoms with Crippen molar-refractivity contribution in [1.82, 2.24) is 14.7 Å². The van der Waals surface area contributed by atoms with E-state index in [-0.39, 0.29) is 12.0 Å². The van der Waals surface area contributed by atoms with Gasteiger partial charge in [0, 0.05) is 26.3 Å². The number of carbonyl (C=O) groups excluding carboxylic acids is 2. The van der Waals surface area contributed by atoms with Gasteiger partial charge in [-0.1, -0.05) is 12.8 Å². The predicted molar refractivity (Wildman–Crippen MR) is 79.2 cm³/mol. The summed E-state index contributed by atoms with van der Waals surface area (Å²) in [6.07, 6.45) is 6.77. The molecule has 7 heteroatoms. The van der Waals surface area contributed by atoms with E-state index in [9.17, 15) is 9.59 Å². The normalized spacial score (nSPS) is 25.8. The van der Waals surface area contributed by atoms with Gasteiger partial charge in [0.25, 0.3) is 5.91 Å². The van der Waals surface area contributed by atoms with E-state index in [1.165, 1.54) is 17.7 Å². The second-order valence-electron chi connectivity index (χ2n) is 6.09. The standard InChI is InChI=1S/C15H22N4O3/c1-22-11-8-13(14(16)20)18(9-11)15(21)12-6-7-19(17-12)10-4-2-3-5-10/h6-7,10-11,13H,2-5,8-9H2,1H3,(H2,16,20)/t11-,13-/m0/s1. The van der Waals surface area contributed by atoms with Crippen molar-refractivity contribution in [2.75, 3.05) is 13.7 Å². The van der Waals surface area contributed by atoms with Gasteiger partial charge in [-0.05, 0) is 18.9 Å². The number of primary amides is 1. The van der Waals surface area contributed by atoms with Gasteiger partial charge >= 0.3 is 0 Å². The molecule has 1 saturated heterocycles. The number of likely N-dealkylation sites (tertiary alicyclic amines) is 1. The third-order valence-electron chi connectivity index (χ3n) is 4.71. The van der Waals surface area contributed by atoms with E-state index >= 15 is 0 Å². The molecule has 0 aromatic carbocycles. The molecule has 0 bridgehead atoms. The zero-order chi connectivity index (χ0) is 15.7. The highest BCUT2D eigenvalue weighted by molar-refractivity contribution is 5.96. The van der Waals surface area contributed by atoms with Crippen LogP contribution in [0.15, 0.2) is 12.3 Å². The van der Waals surface area contributed by atoms with Crippen molar-refractivity contribution in [2.24, 2.45) is 5.73 Å². The fourth-order valence-electron chi connectivity index (χ4n) is 3.43. The van der Waals surface area contributed by atoms with Gasteiger partial charge in [-0.3, -0.25) is 14.3 Å². The first-order valence-corrected chi connectivity index (χ1v) is 7.78. The molecule has 2 N–H and O–H groups in total. The number of carbonyl (C=O) groups is 2. The molecule has 0 unspecified atom stereocenters. The number of methoxy groups -OCH3 is 1. The van der Waals surface area contributed by atoms with Crippen LogP contribution in [-0.4, -0.2) is 52.3 Å². The lowest BCUT2D eigenvalue weighted by molar-refractivity contribution is -0.121. The zero-order valence-corrected chi connectivity index (χ0v) is 12.8. The van der Waals surface area contributed by atoms with Gasteiger partial charge in [0.15, 0.2) is 0 Å². The summed E-state index contributed by atoms with van der Waals surface area (Å²) < 4.78 is 7.15. The first-order valence-electron chi connectivity index (χ1n) is 7.78. The summed E-state index contributed by atoms with van der Waals surface area (Å²) >= 11 is 0. The number of ether oxygens (including phenoxy) is 1. The third kappa shape index (κ3) is 2.72. The van der Waals surface area contributed by atoms with Gasteiger partial charge in [-0.25, -0.2) is 0 Å². The van der Waals surface area contributed by atoms with E-state index in [4.69, 9.17) is 10.5 Å². The molecule has 120 valence electrons. The summed E-state index contributed by atoms with van der Waals surface area (Å²) in [4.78, 5) is 25.7. The Hall–Kier alpha value is -1.89. The maximum absolute atomic E-state index is 12.6. The maximum Gasteiger partial charge on any atom is 0.275 e. The minimum absolute atomic E-state index is 0.154. The van der Waals surface area contributed by atoms with Crippen LogP contribution < -0.4 is 5.73 Å². The van der Waals surface area contributed by atoms with Crippen molar-refractivity contribution in [3.05, 3.63) is 18.0 Å². The highest BCUT2D eigenvalue weighted by Crippen LogP contribution is 2.29. The molecule has 1 saturated carbocycles. The van der Waals surface area contributed by atoms with E-state index in [0.717, 1.165) is 12.8 Å². The molecule has 1 aromatic heterocycles. The van der Waals surface area contributed by atoms with E-state index < -0.39 is 11.9 Å². The molecule has 2 heterocycles. The second-order valence-corrected chi connectivity index (χ2v) is 6.09. The van der Waals surface area contributed by atoms with Crippen molar-refractivity contribution in [2.45, 2.75) is 50.3 Å². The summed E-state index contributed by atoms with van der Waals surface area (Å²) in [6, 6.07) is 1.49. The summed E-state index contributed by atoms with van der Waals surface area (Å²) in [7, 11) is 1.57. The highest BCUT2D eigenvalue weighted by atomic mass is 16.5. The lowest BCUT2D eigenvalue weighted by Gasteiger charge is -2.20. The van der Waals surface area contributed by atoms with Gasteiger partial charge in [0.1, 0.15) is 11.7 Å². The lowest BCUT2D eigenvalue weighted by atomic mass is 10.2. The average molecular weight is 306 g/mol. The SMILES string of the molecule is CO[C@H]1C[C@@H](C(N)=O)N(C(=O)c2ccn(C3CCCC3)n2)C1. The first kappa shape index (κ1) is 15.0. The van der Waals surface area contributed by atoms with Gasteiger partial charge in [0.2, 0.25) is 5.91 Å². The van der Waals surface area contributed by atoms with Crippen molar-refractivity contribution in [3.63, 3.8) is 0 Å². The summed E-state index contributed by atoms with van der Waals surface area (Å²) in [5.74, 6) is -0.747. The largest absolute Gasteiger partial charge is 0.380 e. The molecular formula is C15H22N4O3. The molecule has 7 nitrogen and oxygen atoms in total. The number of nitrogens with zero attached hydrogens (tertiary/aromatic N) is 3. The van der Waals surface area contributed by atoms with E-state index in [2.05, 4.69) is 5.10 Å². The minimum Gasteiger partial charge on any atom is -0.380 e. The second kappa shape index (κ2) is 6.08.